The van der Waals surface area contributed by atoms with Crippen LogP contribution in [0.5, 0.6) is 5.75 Å². The van der Waals surface area contributed by atoms with Gasteiger partial charge in [0.05, 0.1) is 17.7 Å². The molecule has 0 aliphatic heterocycles. The predicted molar refractivity (Wildman–Crippen MR) is 65.7 cm³/mol. The molecule has 0 fully saturated rings. The molecule has 1 aromatic heterocycles. The molecule has 0 saturated heterocycles. The van der Waals surface area contributed by atoms with E-state index < -0.39 is 16.2 Å². The highest BCUT2D eigenvalue weighted by Crippen LogP contribution is 2.27. The number of para-hydroxylation sites is 1. The quantitative estimate of drug-likeness (QED) is 0.662. The molecule has 6 heteroatoms. The fraction of sp³-hybridized carbons (Fsp3) is 0.0833. The zero-order chi connectivity index (χ0) is 13.1. The van der Waals surface area contributed by atoms with Gasteiger partial charge in [-0.15, -0.1) is 0 Å². The van der Waals surface area contributed by atoms with E-state index in [1.165, 1.54) is 19.2 Å². The molecular formula is C12H10N2O4. The zero-order valence-electron chi connectivity index (χ0n) is 9.54. The van der Waals surface area contributed by atoms with Gasteiger partial charge in [0, 0.05) is 11.6 Å². The van der Waals surface area contributed by atoms with Crippen LogP contribution in [0.3, 0.4) is 0 Å². The molecule has 0 atom stereocenters. The molecule has 0 saturated carbocycles. The summed E-state index contributed by atoms with van der Waals surface area (Å²) < 4.78 is 5.16. The van der Waals surface area contributed by atoms with Crippen LogP contribution in [0.2, 0.25) is 0 Å². The van der Waals surface area contributed by atoms with Crippen LogP contribution in [0, 0.1) is 10.1 Å². The molecule has 0 radical (unpaired) electrons. The highest BCUT2D eigenvalue weighted by atomic mass is 16.6. The number of hydrogen-bond donors (Lipinski definition) is 1. The Bertz CT molecular complexity index is 649. The second kappa shape index (κ2) is 4.70. The summed E-state index contributed by atoms with van der Waals surface area (Å²) in [6, 6.07) is 9.76. The van der Waals surface area contributed by atoms with Gasteiger partial charge < -0.3 is 9.72 Å². The van der Waals surface area contributed by atoms with E-state index in [0.29, 0.717) is 17.0 Å². The number of hydrogen-bond acceptors (Lipinski definition) is 4. The fourth-order valence-electron chi connectivity index (χ4n) is 1.63. The van der Waals surface area contributed by atoms with E-state index in [-0.39, 0.29) is 0 Å². The molecular weight excluding hydrogens is 236 g/mol. The second-order valence-electron chi connectivity index (χ2n) is 3.54. The number of aromatic nitrogens is 1. The predicted octanol–water partition coefficient (Wildman–Crippen LogP) is 1.96. The summed E-state index contributed by atoms with van der Waals surface area (Å²) in [5, 5.41) is 10.6. The van der Waals surface area contributed by atoms with E-state index in [2.05, 4.69) is 4.98 Å². The lowest BCUT2D eigenvalue weighted by atomic mass is 10.1. The Labute approximate surface area is 102 Å². The van der Waals surface area contributed by atoms with Gasteiger partial charge in [0.15, 0.2) is 0 Å². The Morgan fingerprint density at radius 3 is 2.56 bits per heavy atom. The topological polar surface area (TPSA) is 85.2 Å². The first-order valence-corrected chi connectivity index (χ1v) is 5.14. The van der Waals surface area contributed by atoms with E-state index in [9.17, 15) is 14.9 Å². The Balaban J connectivity index is 2.56. The van der Waals surface area contributed by atoms with E-state index in [4.69, 9.17) is 4.74 Å². The van der Waals surface area contributed by atoms with Crippen molar-refractivity contribution in [3.05, 3.63) is 56.9 Å². The van der Waals surface area contributed by atoms with Crippen molar-refractivity contribution in [2.75, 3.05) is 7.11 Å². The lowest BCUT2D eigenvalue weighted by Gasteiger charge is -2.07. The van der Waals surface area contributed by atoms with Gasteiger partial charge in [-0.2, -0.15) is 0 Å². The molecule has 6 nitrogen and oxygen atoms in total. The second-order valence-corrected chi connectivity index (χ2v) is 3.54. The number of benzene rings is 1. The number of nitro groups is 1. The lowest BCUT2D eigenvalue weighted by Crippen LogP contribution is -2.11. The van der Waals surface area contributed by atoms with Crippen LogP contribution in [0.4, 0.5) is 5.69 Å². The Hall–Kier alpha value is -2.63. The number of pyridine rings is 1. The SMILES string of the molecule is COc1ccccc1-c1ccc([N+](=O)[O-])c(=O)[nH]1. The van der Waals surface area contributed by atoms with Crippen molar-refractivity contribution >= 4 is 5.69 Å². The standard InChI is InChI=1S/C12H10N2O4/c1-18-11-5-3-2-4-8(11)9-6-7-10(14(16)17)12(15)13-9/h2-7H,1H3,(H,13,15). The smallest absolute Gasteiger partial charge is 0.333 e. The van der Waals surface area contributed by atoms with Crippen LogP contribution in [0.25, 0.3) is 11.3 Å². The van der Waals surface area contributed by atoms with E-state index in [1.807, 2.05) is 0 Å². The summed E-state index contributed by atoms with van der Waals surface area (Å²) >= 11 is 0. The summed E-state index contributed by atoms with van der Waals surface area (Å²) in [5.74, 6) is 0.585. The van der Waals surface area contributed by atoms with Crippen molar-refractivity contribution in [1.29, 1.82) is 0 Å². The average molecular weight is 246 g/mol. The highest BCUT2D eigenvalue weighted by molar-refractivity contribution is 5.67. The summed E-state index contributed by atoms with van der Waals surface area (Å²) in [6.07, 6.45) is 0. The maximum absolute atomic E-state index is 11.5. The minimum absolute atomic E-state index is 0.475. The van der Waals surface area contributed by atoms with Crippen molar-refractivity contribution in [3.8, 4) is 17.0 Å². The summed E-state index contributed by atoms with van der Waals surface area (Å²) in [6.45, 7) is 0. The van der Waals surface area contributed by atoms with Gasteiger partial charge in [-0.3, -0.25) is 14.9 Å². The van der Waals surface area contributed by atoms with Crippen LogP contribution in [0.15, 0.2) is 41.2 Å². The van der Waals surface area contributed by atoms with Crippen molar-refractivity contribution in [1.82, 2.24) is 4.98 Å². The molecule has 0 aliphatic carbocycles. The van der Waals surface area contributed by atoms with Crippen molar-refractivity contribution in [2.24, 2.45) is 0 Å². The number of ether oxygens (including phenoxy) is 1. The summed E-state index contributed by atoms with van der Waals surface area (Å²) in [4.78, 5) is 23.8. The lowest BCUT2D eigenvalue weighted by molar-refractivity contribution is -0.386. The van der Waals surface area contributed by atoms with Gasteiger partial charge in [0.2, 0.25) is 0 Å². The van der Waals surface area contributed by atoms with Crippen LogP contribution in [-0.4, -0.2) is 17.0 Å². The summed E-state index contributed by atoms with van der Waals surface area (Å²) in [7, 11) is 1.52. The average Bonchev–Trinajstić information content (AvgIpc) is 2.38. The highest BCUT2D eigenvalue weighted by Gasteiger charge is 2.13. The molecule has 1 aromatic carbocycles. The molecule has 1 N–H and O–H groups in total. The van der Waals surface area contributed by atoms with E-state index >= 15 is 0 Å². The summed E-state index contributed by atoms with van der Waals surface area (Å²) in [5.41, 5.74) is -0.0629. The molecule has 2 rings (SSSR count). The number of methoxy groups -OCH3 is 1. The molecule has 0 unspecified atom stereocenters. The third-order valence-corrected chi connectivity index (χ3v) is 2.48. The van der Waals surface area contributed by atoms with Gasteiger partial charge in [0.1, 0.15) is 5.75 Å². The van der Waals surface area contributed by atoms with Crippen LogP contribution >= 0.6 is 0 Å². The van der Waals surface area contributed by atoms with E-state index in [1.54, 1.807) is 24.3 Å². The van der Waals surface area contributed by atoms with Gasteiger partial charge in [-0.1, -0.05) is 12.1 Å². The largest absolute Gasteiger partial charge is 0.496 e. The molecule has 0 bridgehead atoms. The van der Waals surface area contributed by atoms with Gasteiger partial charge >= 0.3 is 11.2 Å². The first kappa shape index (κ1) is 11.8. The van der Waals surface area contributed by atoms with Gasteiger partial charge in [-0.25, -0.2) is 0 Å². The van der Waals surface area contributed by atoms with Crippen LogP contribution in [0.1, 0.15) is 0 Å². The minimum atomic E-state index is -0.733. The van der Waals surface area contributed by atoms with Crippen molar-refractivity contribution in [2.45, 2.75) is 0 Å². The first-order valence-electron chi connectivity index (χ1n) is 5.14. The molecule has 0 aliphatic rings. The molecule has 2 aromatic rings. The number of aromatic amines is 1. The van der Waals surface area contributed by atoms with Crippen LogP contribution in [-0.2, 0) is 0 Å². The normalized spacial score (nSPS) is 10.1. The van der Waals surface area contributed by atoms with Crippen LogP contribution < -0.4 is 10.3 Å². The number of rotatable bonds is 3. The van der Waals surface area contributed by atoms with Crippen molar-refractivity contribution < 1.29 is 9.66 Å². The number of H-pyrrole nitrogens is 1. The molecule has 1 heterocycles. The van der Waals surface area contributed by atoms with Crippen molar-refractivity contribution in [3.63, 3.8) is 0 Å². The fourth-order valence-corrected chi connectivity index (χ4v) is 1.63. The maximum atomic E-state index is 11.5. The number of nitrogens with one attached hydrogen (secondary N) is 1. The monoisotopic (exact) mass is 246 g/mol. The zero-order valence-corrected chi connectivity index (χ0v) is 9.54. The molecule has 92 valence electrons. The molecule has 0 amide bonds. The van der Waals surface area contributed by atoms with Gasteiger partial charge in [0.25, 0.3) is 0 Å². The Morgan fingerprint density at radius 1 is 1.22 bits per heavy atom. The Morgan fingerprint density at radius 2 is 1.94 bits per heavy atom. The number of nitrogens with zero attached hydrogens (tertiary/aromatic N) is 1. The third kappa shape index (κ3) is 2.08. The third-order valence-electron chi connectivity index (χ3n) is 2.48. The molecule has 0 spiro atoms. The molecule has 18 heavy (non-hydrogen) atoms. The first-order chi connectivity index (χ1) is 8.63. The minimum Gasteiger partial charge on any atom is -0.496 e. The van der Waals surface area contributed by atoms with Gasteiger partial charge in [-0.05, 0) is 18.2 Å². The Kier molecular flexibility index (Phi) is 3.09. The maximum Gasteiger partial charge on any atom is 0.333 e. The van der Waals surface area contributed by atoms with E-state index in [0.717, 1.165) is 0 Å².